The van der Waals surface area contributed by atoms with Gasteiger partial charge in [-0.15, -0.1) is 0 Å². The third-order valence-electron chi connectivity index (χ3n) is 7.24. The van der Waals surface area contributed by atoms with Crippen molar-refractivity contribution in [3.05, 3.63) is 122 Å². The number of aromatic nitrogens is 5. The van der Waals surface area contributed by atoms with Crippen molar-refractivity contribution in [3.8, 4) is 0 Å². The average Bonchev–Trinajstić information content (AvgIpc) is 3.71. The Balaban J connectivity index is 1.30. The summed E-state index contributed by atoms with van der Waals surface area (Å²) in [4.78, 5) is 52.9. The summed E-state index contributed by atoms with van der Waals surface area (Å²) in [6, 6.07) is 17.0. The van der Waals surface area contributed by atoms with Crippen LogP contribution < -0.4 is 16.1 Å². The molecule has 1 saturated carbocycles. The first kappa shape index (κ1) is 25.4. The topological polar surface area (TPSA) is 106 Å². The lowest BCUT2D eigenvalue weighted by molar-refractivity contribution is 0.0992. The summed E-state index contributed by atoms with van der Waals surface area (Å²) >= 11 is 0. The molecule has 0 atom stereocenters. The fourth-order valence-corrected chi connectivity index (χ4v) is 4.79. The molecular weight excluding hydrogens is 511 g/mol. The molecule has 1 fully saturated rings. The highest BCUT2D eigenvalue weighted by atomic mass is 19.1. The summed E-state index contributed by atoms with van der Waals surface area (Å²) in [6.45, 7) is 0.301. The molecular formula is C30H27FN6O3. The smallest absolute Gasteiger partial charge is 0.333 e. The first-order valence-corrected chi connectivity index (χ1v) is 13.1. The molecule has 1 amide bonds. The van der Waals surface area contributed by atoms with Gasteiger partial charge in [-0.25, -0.2) is 14.2 Å². The van der Waals surface area contributed by atoms with E-state index in [1.165, 1.54) is 16.8 Å². The summed E-state index contributed by atoms with van der Waals surface area (Å²) in [5, 5.41) is 0. The van der Waals surface area contributed by atoms with Gasteiger partial charge in [0.15, 0.2) is 5.65 Å². The predicted molar refractivity (Wildman–Crippen MR) is 149 cm³/mol. The minimum absolute atomic E-state index is 0.161. The third-order valence-corrected chi connectivity index (χ3v) is 7.24. The van der Waals surface area contributed by atoms with E-state index in [2.05, 4.69) is 15.0 Å². The summed E-state index contributed by atoms with van der Waals surface area (Å²) in [5.74, 6) is 0.259. The maximum Gasteiger partial charge on any atom is 0.333 e. The number of fused-ring (bicyclic) bond motifs is 1. The minimum Gasteiger partial charge on any atom is -0.336 e. The van der Waals surface area contributed by atoms with Crippen molar-refractivity contribution in [1.29, 1.82) is 0 Å². The zero-order valence-electron chi connectivity index (χ0n) is 21.9. The second kappa shape index (κ2) is 10.4. The Bertz CT molecular complexity index is 1820. The van der Waals surface area contributed by atoms with E-state index in [0.717, 1.165) is 28.7 Å². The lowest BCUT2D eigenvalue weighted by Crippen LogP contribution is -2.40. The van der Waals surface area contributed by atoms with Crippen molar-refractivity contribution in [2.24, 2.45) is 5.92 Å². The summed E-state index contributed by atoms with van der Waals surface area (Å²) in [5.41, 5.74) is 1.92. The van der Waals surface area contributed by atoms with Crippen LogP contribution in [-0.2, 0) is 19.5 Å². The lowest BCUT2D eigenvalue weighted by atomic mass is 10.1. The van der Waals surface area contributed by atoms with Gasteiger partial charge in [-0.05, 0) is 54.7 Å². The number of halogens is 1. The van der Waals surface area contributed by atoms with Crippen molar-refractivity contribution < 1.29 is 9.18 Å². The Hall–Kier alpha value is -4.86. The van der Waals surface area contributed by atoms with E-state index in [0.29, 0.717) is 35.9 Å². The molecule has 1 aliphatic rings. The monoisotopic (exact) mass is 538 g/mol. The third kappa shape index (κ3) is 4.95. The number of nitrogens with zero attached hydrogens (tertiary/aromatic N) is 5. The quantitative estimate of drug-likeness (QED) is 0.324. The van der Waals surface area contributed by atoms with Crippen LogP contribution in [0.1, 0.15) is 40.2 Å². The SMILES string of the molecule is CN(C(=O)c1cccnc1)c1ccc(Cc2nc3c([nH]2)c(=O)n(Cc2ccccc2F)c(=O)n3CC2CC2)cc1. The number of nitrogens with one attached hydrogen (secondary N) is 1. The van der Waals surface area contributed by atoms with Gasteiger partial charge in [0.05, 0.1) is 12.1 Å². The van der Waals surface area contributed by atoms with Gasteiger partial charge in [0.1, 0.15) is 17.2 Å². The number of pyridine rings is 1. The molecule has 0 saturated heterocycles. The van der Waals surface area contributed by atoms with Gasteiger partial charge < -0.3 is 9.88 Å². The molecule has 0 aliphatic heterocycles. The van der Waals surface area contributed by atoms with Crippen LogP contribution in [0.4, 0.5) is 10.1 Å². The second-order valence-electron chi connectivity index (χ2n) is 10.2. The molecule has 0 bridgehead atoms. The van der Waals surface area contributed by atoms with E-state index >= 15 is 0 Å². The maximum atomic E-state index is 14.4. The molecule has 1 aliphatic carbocycles. The molecule has 3 heterocycles. The number of aromatic amines is 1. The first-order valence-electron chi connectivity index (χ1n) is 13.1. The highest BCUT2D eigenvalue weighted by Gasteiger charge is 2.26. The molecule has 1 N–H and O–H groups in total. The first-order chi connectivity index (χ1) is 19.4. The van der Waals surface area contributed by atoms with Crippen LogP contribution in [0.25, 0.3) is 11.2 Å². The average molecular weight is 539 g/mol. The number of carbonyl (C=O) groups excluding carboxylic acids is 1. The van der Waals surface area contributed by atoms with Crippen LogP contribution in [0.5, 0.6) is 0 Å². The Morgan fingerprint density at radius 2 is 1.82 bits per heavy atom. The van der Waals surface area contributed by atoms with Crippen LogP contribution in [-0.4, -0.2) is 37.0 Å². The molecule has 2 aromatic carbocycles. The van der Waals surface area contributed by atoms with Gasteiger partial charge in [0.2, 0.25) is 0 Å². The molecule has 0 spiro atoms. The molecule has 3 aromatic heterocycles. The Morgan fingerprint density at radius 3 is 2.52 bits per heavy atom. The van der Waals surface area contributed by atoms with Gasteiger partial charge in [0, 0.05) is 43.7 Å². The van der Waals surface area contributed by atoms with Crippen LogP contribution in [0.3, 0.4) is 0 Å². The minimum atomic E-state index is -0.528. The molecule has 0 radical (unpaired) electrons. The Kier molecular flexibility index (Phi) is 6.59. The van der Waals surface area contributed by atoms with Crippen molar-refractivity contribution in [2.75, 3.05) is 11.9 Å². The van der Waals surface area contributed by atoms with Crippen molar-refractivity contribution in [3.63, 3.8) is 0 Å². The Morgan fingerprint density at radius 1 is 1.05 bits per heavy atom. The van der Waals surface area contributed by atoms with E-state index in [1.807, 2.05) is 24.3 Å². The summed E-state index contributed by atoms with van der Waals surface area (Å²) in [7, 11) is 1.70. The molecule has 202 valence electrons. The van der Waals surface area contributed by atoms with Gasteiger partial charge in [-0.3, -0.25) is 23.7 Å². The van der Waals surface area contributed by atoms with Gasteiger partial charge in [-0.2, -0.15) is 0 Å². The zero-order valence-corrected chi connectivity index (χ0v) is 21.9. The number of carbonyl (C=O) groups is 1. The van der Waals surface area contributed by atoms with Crippen molar-refractivity contribution in [1.82, 2.24) is 24.1 Å². The van der Waals surface area contributed by atoms with Gasteiger partial charge in [-0.1, -0.05) is 30.3 Å². The molecule has 40 heavy (non-hydrogen) atoms. The van der Waals surface area contributed by atoms with Gasteiger partial charge >= 0.3 is 5.69 Å². The zero-order chi connectivity index (χ0) is 27.8. The molecule has 10 heteroatoms. The number of amides is 1. The van der Waals surface area contributed by atoms with Crippen LogP contribution in [0.2, 0.25) is 0 Å². The van der Waals surface area contributed by atoms with E-state index in [1.54, 1.807) is 48.5 Å². The van der Waals surface area contributed by atoms with Crippen LogP contribution in [0, 0.1) is 11.7 Å². The van der Waals surface area contributed by atoms with Crippen molar-refractivity contribution in [2.45, 2.75) is 32.4 Å². The fraction of sp³-hybridized carbons (Fsp3) is 0.233. The van der Waals surface area contributed by atoms with Crippen LogP contribution >= 0.6 is 0 Å². The maximum absolute atomic E-state index is 14.4. The number of anilines is 1. The number of hydrogen-bond donors (Lipinski definition) is 1. The summed E-state index contributed by atoms with van der Waals surface area (Å²) in [6.07, 6.45) is 5.57. The second-order valence-corrected chi connectivity index (χ2v) is 10.2. The van der Waals surface area contributed by atoms with E-state index in [4.69, 9.17) is 0 Å². The van der Waals surface area contributed by atoms with Crippen LogP contribution in [0.15, 0.2) is 82.6 Å². The number of rotatable bonds is 8. The summed E-state index contributed by atoms with van der Waals surface area (Å²) < 4.78 is 17.0. The fourth-order valence-electron chi connectivity index (χ4n) is 4.79. The number of hydrogen-bond acceptors (Lipinski definition) is 5. The molecule has 6 rings (SSSR count). The molecule has 5 aromatic rings. The van der Waals surface area contributed by atoms with E-state index in [-0.39, 0.29) is 23.5 Å². The number of benzene rings is 2. The highest BCUT2D eigenvalue weighted by Crippen LogP contribution is 2.30. The van der Waals surface area contributed by atoms with E-state index < -0.39 is 17.1 Å². The highest BCUT2D eigenvalue weighted by molar-refractivity contribution is 6.05. The largest absolute Gasteiger partial charge is 0.336 e. The molecule has 9 nitrogen and oxygen atoms in total. The Labute approximate surface area is 228 Å². The number of imidazole rings is 1. The lowest BCUT2D eigenvalue weighted by Gasteiger charge is -2.17. The molecule has 0 unspecified atom stereocenters. The van der Waals surface area contributed by atoms with Gasteiger partial charge in [0.25, 0.3) is 11.5 Å². The van der Waals surface area contributed by atoms with E-state index in [9.17, 15) is 18.8 Å². The number of H-pyrrole nitrogens is 1. The van der Waals surface area contributed by atoms with Crippen molar-refractivity contribution >= 4 is 22.8 Å². The standard InChI is InChI=1S/C30H27FN6O3/c1-35(28(38)21-6-4-14-32-16-21)23-12-10-19(11-13-23)15-25-33-26-27(34-25)36(17-20-8-9-20)30(40)37(29(26)39)18-22-5-2-3-7-24(22)31/h2-7,10-14,16,20H,8-9,15,17-18H2,1H3,(H,33,34). The predicted octanol–water partition coefficient (Wildman–Crippen LogP) is 3.75. The normalized spacial score (nSPS) is 13.1.